The van der Waals surface area contributed by atoms with E-state index in [2.05, 4.69) is 18.0 Å². The van der Waals surface area contributed by atoms with Crippen molar-refractivity contribution >= 4 is 6.47 Å². The number of aliphatic hydroxyl groups excluding tert-OH is 1. The molecule has 0 fully saturated rings. The summed E-state index contributed by atoms with van der Waals surface area (Å²) >= 11 is 0. The summed E-state index contributed by atoms with van der Waals surface area (Å²) in [5.41, 5.74) is 1.38. The van der Waals surface area contributed by atoms with Crippen molar-refractivity contribution in [3.05, 3.63) is 30.1 Å². The largest absolute Gasteiger partial charge is 0.665 e. The third-order valence-electron chi connectivity index (χ3n) is 3.29. The van der Waals surface area contributed by atoms with Crippen LogP contribution < -0.4 is 0 Å². The molecule has 1 aromatic heterocycles. The topological polar surface area (TPSA) is 50.2 Å². The van der Waals surface area contributed by atoms with Crippen LogP contribution in [-0.4, -0.2) is 16.6 Å². The molecule has 0 aliphatic carbocycles. The maximum absolute atomic E-state index is 8.24. The van der Waals surface area contributed by atoms with Gasteiger partial charge in [0.15, 0.2) is 0 Å². The minimum atomic E-state index is 0. The number of hydrogen-bond acceptors (Lipinski definition) is 2. The Labute approximate surface area is 142 Å². The Kier molecular flexibility index (Phi) is 20.6. The maximum atomic E-state index is 8.24. The monoisotopic (exact) mass is 342 g/mol. The van der Waals surface area contributed by atoms with Crippen molar-refractivity contribution in [2.24, 2.45) is 0 Å². The molecule has 0 atom stereocenters. The van der Waals surface area contributed by atoms with Gasteiger partial charge in [-0.1, -0.05) is 70.8 Å². The predicted octanol–water partition coefficient (Wildman–Crippen LogP) is 4.76. The van der Waals surface area contributed by atoms with Crippen LogP contribution in [0.1, 0.15) is 70.3 Å². The first-order chi connectivity index (χ1) is 9.85. The maximum Gasteiger partial charge on any atom is 0.0299 e. The van der Waals surface area contributed by atoms with Crippen LogP contribution in [0.3, 0.4) is 0 Å². The van der Waals surface area contributed by atoms with E-state index in [9.17, 15) is 0 Å². The van der Waals surface area contributed by atoms with Gasteiger partial charge in [0.25, 0.3) is 0 Å². The Morgan fingerprint density at radius 3 is 2.05 bits per heavy atom. The van der Waals surface area contributed by atoms with E-state index in [1.54, 1.807) is 0 Å². The summed E-state index contributed by atoms with van der Waals surface area (Å²) in [6.45, 7) is 2.78. The molecule has 4 heteroatoms. The zero-order chi connectivity index (χ0) is 14.9. The zero-order valence-corrected chi connectivity index (χ0v) is 16.4. The fourth-order valence-corrected chi connectivity index (χ4v) is 2.19. The Hall–Kier alpha value is -0.757. The molecule has 0 aliphatic rings. The molecule has 0 aromatic carbocycles. The summed E-state index contributed by atoms with van der Waals surface area (Å²) in [5.74, 6) is 0. The number of aryl methyl sites for hydroxylation is 1. The number of nitrogens with zero attached hydrogens (tertiary/aromatic N) is 1. The van der Waals surface area contributed by atoms with Gasteiger partial charge in [0.05, 0.1) is 0 Å². The van der Waals surface area contributed by atoms with Gasteiger partial charge >= 0.3 is 0 Å². The van der Waals surface area contributed by atoms with Gasteiger partial charge < -0.3 is 9.90 Å². The molecular weight excluding hydrogens is 316 g/mol. The van der Waals surface area contributed by atoms with Crippen LogP contribution in [0, 0.1) is 0 Å². The molecule has 0 aliphatic heterocycles. The van der Waals surface area contributed by atoms with E-state index in [1.807, 2.05) is 18.5 Å². The molecule has 21 heavy (non-hydrogen) atoms. The fourth-order valence-electron chi connectivity index (χ4n) is 2.19. The Morgan fingerprint density at radius 2 is 1.57 bits per heavy atom. The normalized spacial score (nSPS) is 9.19. The molecule has 0 radical (unpaired) electrons. The number of unbranched alkanes of at least 4 members (excludes halogenated alkanes) is 8. The van der Waals surface area contributed by atoms with Crippen molar-refractivity contribution in [2.75, 3.05) is 0 Å². The standard InChI is InChI=1S/C16H27N.CHO2.Zn/c1-2-3-4-5-6-7-8-9-10-12-16-13-11-14-17-15-16;2-1-3;/h11,13-15H,2-10,12H2,1H3;(H,2,3);/q;-1;. The fraction of sp³-hybridized carbons (Fsp3) is 0.647. The molecule has 0 bridgehead atoms. The quantitative estimate of drug-likeness (QED) is 0.378. The molecular formula is C17H28NO2Zn-. The van der Waals surface area contributed by atoms with Crippen LogP contribution in [0.4, 0.5) is 0 Å². The van der Waals surface area contributed by atoms with E-state index in [0.29, 0.717) is 6.47 Å². The summed E-state index contributed by atoms with van der Waals surface area (Å²) < 4.78 is 0. The minimum absolute atomic E-state index is 0. The molecule has 1 heterocycles. The van der Waals surface area contributed by atoms with Gasteiger partial charge in [0.1, 0.15) is 0 Å². The summed E-state index contributed by atoms with van der Waals surface area (Å²) in [7, 11) is 0. The number of pyridine rings is 1. The first-order valence-corrected chi connectivity index (χ1v) is 7.75. The van der Waals surface area contributed by atoms with E-state index in [0.717, 1.165) is 0 Å². The second-order valence-electron chi connectivity index (χ2n) is 5.03. The molecule has 1 N–H and O–H groups in total. The summed E-state index contributed by atoms with van der Waals surface area (Å²) in [5, 5.41) is 6.76. The molecule has 0 unspecified atom stereocenters. The van der Waals surface area contributed by atoms with Gasteiger partial charge in [0, 0.05) is 31.9 Å². The van der Waals surface area contributed by atoms with Crippen LogP contribution in [0.2, 0.25) is 0 Å². The van der Waals surface area contributed by atoms with E-state index in [-0.39, 0.29) is 19.5 Å². The van der Waals surface area contributed by atoms with E-state index in [4.69, 9.17) is 9.90 Å². The van der Waals surface area contributed by atoms with Crippen molar-refractivity contribution in [1.29, 1.82) is 0 Å². The SMILES string of the molecule is CCCCCCCCCCCc1cccnc1.O=[C-]O.[Zn]. The van der Waals surface area contributed by atoms with Crippen molar-refractivity contribution in [3.63, 3.8) is 0 Å². The molecule has 116 valence electrons. The number of hydrogen-bond donors (Lipinski definition) is 1. The van der Waals surface area contributed by atoms with Crippen LogP contribution in [-0.2, 0) is 30.7 Å². The van der Waals surface area contributed by atoms with E-state index < -0.39 is 0 Å². The van der Waals surface area contributed by atoms with Gasteiger partial charge in [-0.15, -0.1) is 0 Å². The van der Waals surface area contributed by atoms with Gasteiger partial charge in [-0.05, 0) is 24.5 Å². The molecule has 3 nitrogen and oxygen atoms in total. The Balaban J connectivity index is 0. The van der Waals surface area contributed by atoms with Crippen LogP contribution in [0.15, 0.2) is 24.5 Å². The molecule has 1 rings (SSSR count). The van der Waals surface area contributed by atoms with Crippen molar-refractivity contribution < 1.29 is 29.4 Å². The van der Waals surface area contributed by atoms with Crippen molar-refractivity contribution in [2.45, 2.75) is 71.1 Å². The smallest absolute Gasteiger partial charge is 0.0299 e. The molecule has 0 amide bonds. The average Bonchev–Trinajstić information content (AvgIpc) is 2.47. The first kappa shape index (κ1) is 22.5. The summed E-state index contributed by atoms with van der Waals surface area (Å²) in [6, 6.07) is 4.21. The van der Waals surface area contributed by atoms with E-state index >= 15 is 0 Å². The molecule has 0 saturated heterocycles. The van der Waals surface area contributed by atoms with Gasteiger partial charge in [-0.3, -0.25) is 4.98 Å². The average molecular weight is 344 g/mol. The second-order valence-corrected chi connectivity index (χ2v) is 5.03. The number of rotatable bonds is 10. The molecule has 1 aromatic rings. The first-order valence-electron chi connectivity index (χ1n) is 7.75. The van der Waals surface area contributed by atoms with Gasteiger partial charge in [-0.2, -0.15) is 0 Å². The molecule has 0 spiro atoms. The van der Waals surface area contributed by atoms with Crippen molar-refractivity contribution in [3.8, 4) is 0 Å². The predicted molar refractivity (Wildman–Crippen MR) is 83.5 cm³/mol. The van der Waals surface area contributed by atoms with Crippen molar-refractivity contribution in [1.82, 2.24) is 4.98 Å². The summed E-state index contributed by atoms with van der Waals surface area (Å²) in [6.07, 6.45) is 17.7. The second kappa shape index (κ2) is 19.2. The minimum Gasteiger partial charge on any atom is -0.665 e. The third kappa shape index (κ3) is 17.2. The third-order valence-corrected chi connectivity index (χ3v) is 3.29. The number of aromatic nitrogens is 1. The van der Waals surface area contributed by atoms with Crippen LogP contribution >= 0.6 is 0 Å². The zero-order valence-electron chi connectivity index (χ0n) is 13.4. The van der Waals surface area contributed by atoms with E-state index in [1.165, 1.54) is 69.8 Å². The Morgan fingerprint density at radius 1 is 1.05 bits per heavy atom. The van der Waals surface area contributed by atoms with Gasteiger partial charge in [0.2, 0.25) is 0 Å². The van der Waals surface area contributed by atoms with Crippen LogP contribution in [0.5, 0.6) is 0 Å². The summed E-state index contributed by atoms with van der Waals surface area (Å²) in [4.78, 5) is 12.4. The Bertz CT molecular complexity index is 307. The van der Waals surface area contributed by atoms with Crippen LogP contribution in [0.25, 0.3) is 0 Å². The molecule has 0 saturated carbocycles. The van der Waals surface area contributed by atoms with Gasteiger partial charge in [-0.25, -0.2) is 0 Å².